The van der Waals surface area contributed by atoms with E-state index in [0.717, 1.165) is 36.9 Å². The van der Waals surface area contributed by atoms with Crippen molar-refractivity contribution in [2.24, 2.45) is 0 Å². The number of halogens is 1. The summed E-state index contributed by atoms with van der Waals surface area (Å²) in [4.78, 5) is 25.8. The van der Waals surface area contributed by atoms with Crippen LogP contribution < -0.4 is 0 Å². The van der Waals surface area contributed by atoms with Gasteiger partial charge in [0.05, 0.1) is 11.3 Å². The highest BCUT2D eigenvalue weighted by Gasteiger charge is 2.30. The zero-order valence-corrected chi connectivity index (χ0v) is 18.8. The number of fused-ring (bicyclic) bond motifs is 3. The molecule has 1 atom stereocenters. The maximum Gasteiger partial charge on any atom is 0.304 e. The van der Waals surface area contributed by atoms with Gasteiger partial charge in [0.1, 0.15) is 11.9 Å². The molecule has 0 saturated carbocycles. The minimum Gasteiger partial charge on any atom is -0.481 e. The van der Waals surface area contributed by atoms with Gasteiger partial charge < -0.3 is 9.67 Å². The van der Waals surface area contributed by atoms with E-state index >= 15 is 0 Å². The Morgan fingerprint density at radius 1 is 1.29 bits per heavy atom. The number of aliphatic carboxylic acids is 1. The van der Waals surface area contributed by atoms with Crippen LogP contribution in [0.2, 0.25) is 5.02 Å². The Morgan fingerprint density at radius 3 is 2.55 bits per heavy atom. The van der Waals surface area contributed by atoms with Gasteiger partial charge in [-0.3, -0.25) is 9.59 Å². The average Bonchev–Trinajstić information content (AvgIpc) is 3.01. The first-order valence-electron chi connectivity index (χ1n) is 9.73. The van der Waals surface area contributed by atoms with E-state index < -0.39 is 15.8 Å². The lowest BCUT2D eigenvalue weighted by molar-refractivity contribution is -0.137. The number of hydrogen-bond acceptors (Lipinski definition) is 5. The fraction of sp³-hybridized carbons (Fsp3) is 0.318. The summed E-state index contributed by atoms with van der Waals surface area (Å²) in [6.07, 6.45) is 5.22. The standard InChI is InChI=1S/C15H18N2O4S.C7H5ClO/c1-9-13-11(22(2,20)21)5-6-16-15(13)17-7-3-4-10(14(9)17)8-12(18)19;8-7-3-1-6(5-9)2-4-7/h5-6,10H,3-4,7-8H2,1-2H3,(H,18,19);1-5H. The molecule has 0 fully saturated rings. The molecule has 7 nitrogen and oxygen atoms in total. The van der Waals surface area contributed by atoms with Crippen LogP contribution in [-0.2, 0) is 21.2 Å². The summed E-state index contributed by atoms with van der Waals surface area (Å²) >= 11 is 5.55. The van der Waals surface area contributed by atoms with Crippen molar-refractivity contribution in [3.8, 4) is 0 Å². The van der Waals surface area contributed by atoms with Crippen molar-refractivity contribution in [3.05, 3.63) is 58.4 Å². The number of carboxylic acid groups (broad SMARTS) is 1. The van der Waals surface area contributed by atoms with Gasteiger partial charge in [-0.15, -0.1) is 0 Å². The largest absolute Gasteiger partial charge is 0.481 e. The maximum absolute atomic E-state index is 12.0. The van der Waals surface area contributed by atoms with Gasteiger partial charge in [0, 0.05) is 46.6 Å². The first-order chi connectivity index (χ1) is 14.6. The van der Waals surface area contributed by atoms with Crippen molar-refractivity contribution in [2.75, 3.05) is 6.26 Å². The molecule has 1 unspecified atom stereocenters. The number of aldehydes is 1. The Labute approximate surface area is 185 Å². The number of pyridine rings is 1. The highest BCUT2D eigenvalue weighted by molar-refractivity contribution is 7.91. The summed E-state index contributed by atoms with van der Waals surface area (Å²) in [5.74, 6) is -0.924. The molecule has 9 heteroatoms. The van der Waals surface area contributed by atoms with Gasteiger partial charge in [-0.05, 0) is 43.5 Å². The van der Waals surface area contributed by atoms with E-state index in [1.54, 1.807) is 24.3 Å². The van der Waals surface area contributed by atoms with Gasteiger partial charge >= 0.3 is 5.97 Å². The number of aryl methyl sites for hydroxylation is 2. The molecule has 1 aliphatic rings. The van der Waals surface area contributed by atoms with Crippen LogP contribution in [-0.4, -0.2) is 41.6 Å². The van der Waals surface area contributed by atoms with E-state index in [9.17, 15) is 18.0 Å². The van der Waals surface area contributed by atoms with Gasteiger partial charge in [-0.1, -0.05) is 23.7 Å². The Morgan fingerprint density at radius 2 is 1.97 bits per heavy atom. The highest BCUT2D eigenvalue weighted by atomic mass is 35.5. The molecule has 3 aromatic rings. The molecule has 0 saturated heterocycles. The quantitative estimate of drug-likeness (QED) is 0.581. The molecule has 1 N–H and O–H groups in total. The van der Waals surface area contributed by atoms with E-state index in [-0.39, 0.29) is 17.2 Å². The first kappa shape index (κ1) is 23.0. The van der Waals surface area contributed by atoms with Crippen molar-refractivity contribution >= 4 is 44.7 Å². The number of hydrogen-bond donors (Lipinski definition) is 1. The van der Waals surface area contributed by atoms with Gasteiger partial charge in [0.25, 0.3) is 0 Å². The molecule has 164 valence electrons. The van der Waals surface area contributed by atoms with E-state index in [1.165, 1.54) is 18.5 Å². The van der Waals surface area contributed by atoms with E-state index in [4.69, 9.17) is 16.7 Å². The molecule has 0 amide bonds. The fourth-order valence-electron chi connectivity index (χ4n) is 4.08. The number of carbonyl (C=O) groups is 2. The van der Waals surface area contributed by atoms with Crippen molar-refractivity contribution in [1.29, 1.82) is 0 Å². The van der Waals surface area contributed by atoms with Crippen molar-refractivity contribution in [2.45, 2.75) is 43.5 Å². The average molecular weight is 463 g/mol. The predicted octanol–water partition coefficient (Wildman–Crippen LogP) is 4.25. The van der Waals surface area contributed by atoms with Crippen LogP contribution in [0.3, 0.4) is 0 Å². The number of nitrogens with zero attached hydrogens (tertiary/aromatic N) is 2. The molecular formula is C22H23ClN2O5S. The lowest BCUT2D eigenvalue weighted by Gasteiger charge is -2.24. The second kappa shape index (κ2) is 9.20. The summed E-state index contributed by atoms with van der Waals surface area (Å²) < 4.78 is 26.1. The van der Waals surface area contributed by atoms with E-state index in [2.05, 4.69) is 4.98 Å². The predicted molar refractivity (Wildman–Crippen MR) is 119 cm³/mol. The van der Waals surface area contributed by atoms with Gasteiger partial charge in [-0.2, -0.15) is 0 Å². The Hall–Kier alpha value is -2.71. The summed E-state index contributed by atoms with van der Waals surface area (Å²) in [6.45, 7) is 2.61. The van der Waals surface area contributed by atoms with Crippen LogP contribution >= 0.6 is 11.6 Å². The van der Waals surface area contributed by atoms with Crippen LogP contribution in [0, 0.1) is 6.92 Å². The minimum atomic E-state index is -3.36. The molecule has 1 aliphatic heterocycles. The van der Waals surface area contributed by atoms with Crippen molar-refractivity contribution in [3.63, 3.8) is 0 Å². The molecule has 0 bridgehead atoms. The Kier molecular flexibility index (Phi) is 6.81. The Bertz CT molecular complexity index is 1230. The number of aromatic nitrogens is 2. The van der Waals surface area contributed by atoms with Gasteiger partial charge in [-0.25, -0.2) is 13.4 Å². The highest BCUT2D eigenvalue weighted by Crippen LogP contribution is 2.39. The zero-order valence-electron chi connectivity index (χ0n) is 17.2. The monoisotopic (exact) mass is 462 g/mol. The SMILES string of the molecule is Cc1c2n(c3nccc(S(C)(=O)=O)c13)CCCC2CC(=O)O.O=Cc1ccc(Cl)cc1. The second-order valence-electron chi connectivity index (χ2n) is 7.55. The molecule has 0 aliphatic carbocycles. The van der Waals surface area contributed by atoms with Crippen molar-refractivity contribution in [1.82, 2.24) is 9.55 Å². The normalized spacial score (nSPS) is 15.6. The lowest BCUT2D eigenvalue weighted by Crippen LogP contribution is -2.18. The number of carbonyl (C=O) groups excluding carboxylic acids is 1. The summed E-state index contributed by atoms with van der Waals surface area (Å²) in [6, 6.07) is 8.24. The lowest BCUT2D eigenvalue weighted by atomic mass is 9.90. The van der Waals surface area contributed by atoms with Crippen LogP contribution in [0.25, 0.3) is 11.0 Å². The smallest absolute Gasteiger partial charge is 0.304 e. The van der Waals surface area contributed by atoms with Crippen LogP contribution in [0.5, 0.6) is 0 Å². The minimum absolute atomic E-state index is 0.0609. The molecular weight excluding hydrogens is 440 g/mol. The summed E-state index contributed by atoms with van der Waals surface area (Å²) in [5.41, 5.74) is 3.06. The maximum atomic E-state index is 12.0. The molecule has 31 heavy (non-hydrogen) atoms. The molecule has 4 rings (SSSR count). The molecule has 2 aromatic heterocycles. The third-order valence-corrected chi connectivity index (χ3v) is 6.74. The molecule has 3 heterocycles. The number of carboxylic acids is 1. The zero-order chi connectivity index (χ0) is 22.8. The number of benzene rings is 1. The molecule has 1 aromatic carbocycles. The van der Waals surface area contributed by atoms with Gasteiger partial charge in [0.2, 0.25) is 0 Å². The second-order valence-corrected chi connectivity index (χ2v) is 9.97. The van der Waals surface area contributed by atoms with Gasteiger partial charge in [0.15, 0.2) is 9.84 Å². The third-order valence-electron chi connectivity index (χ3n) is 5.35. The fourth-order valence-corrected chi connectivity index (χ4v) is 5.13. The van der Waals surface area contributed by atoms with Crippen LogP contribution in [0.1, 0.15) is 46.8 Å². The summed E-state index contributed by atoms with van der Waals surface area (Å²) in [7, 11) is -3.36. The van der Waals surface area contributed by atoms with Crippen molar-refractivity contribution < 1.29 is 23.1 Å². The Balaban J connectivity index is 0.000000254. The topological polar surface area (TPSA) is 106 Å². The van der Waals surface area contributed by atoms with E-state index in [0.29, 0.717) is 21.6 Å². The van der Waals surface area contributed by atoms with Crippen LogP contribution in [0.15, 0.2) is 41.4 Å². The van der Waals surface area contributed by atoms with Crippen LogP contribution in [0.4, 0.5) is 0 Å². The van der Waals surface area contributed by atoms with E-state index in [1.807, 2.05) is 11.5 Å². The first-order valence-corrected chi connectivity index (χ1v) is 12.0. The number of rotatable bonds is 4. The summed E-state index contributed by atoms with van der Waals surface area (Å²) in [5, 5.41) is 10.4. The third kappa shape index (κ3) is 4.97. The molecule has 0 spiro atoms. The number of sulfone groups is 1. The molecule has 0 radical (unpaired) electrons.